The van der Waals surface area contributed by atoms with E-state index in [1.54, 1.807) is 18.6 Å². The molecule has 0 fully saturated rings. The summed E-state index contributed by atoms with van der Waals surface area (Å²) in [6.45, 7) is 1.26. The molecule has 0 spiro atoms. The third-order valence-corrected chi connectivity index (χ3v) is 3.82. The van der Waals surface area contributed by atoms with Crippen LogP contribution < -0.4 is 10.6 Å². The first kappa shape index (κ1) is 15.2. The molecule has 23 heavy (non-hydrogen) atoms. The Hall–Kier alpha value is -2.70. The van der Waals surface area contributed by atoms with Crippen LogP contribution in [0.5, 0.6) is 0 Å². The van der Waals surface area contributed by atoms with Gasteiger partial charge in [-0.3, -0.25) is 9.59 Å². The fraction of sp³-hybridized carbons (Fsp3) is 0.312. The highest BCUT2D eigenvalue weighted by Gasteiger charge is 2.30. The maximum Gasteiger partial charge on any atom is 0.228 e. The predicted molar refractivity (Wildman–Crippen MR) is 82.2 cm³/mol. The molecule has 2 aromatic rings. The molecule has 2 amide bonds. The zero-order chi connectivity index (χ0) is 16.2. The number of imidazole rings is 1. The van der Waals surface area contributed by atoms with Gasteiger partial charge in [0, 0.05) is 37.6 Å². The van der Waals surface area contributed by atoms with Gasteiger partial charge in [-0.15, -0.1) is 0 Å². The second kappa shape index (κ2) is 6.60. The number of hydrogen-bond acceptors (Lipinski definition) is 3. The Kier molecular flexibility index (Phi) is 4.36. The molecular weight excluding hydrogens is 299 g/mol. The Bertz CT molecular complexity index is 715. The van der Waals surface area contributed by atoms with Crippen LogP contribution in [0.2, 0.25) is 0 Å². The largest absolute Gasteiger partial charge is 0.355 e. The molecule has 0 saturated carbocycles. The number of nitrogens with one attached hydrogen (secondary N) is 2. The van der Waals surface area contributed by atoms with Gasteiger partial charge in [0.15, 0.2) is 0 Å². The number of aryl methyl sites for hydroxylation is 1. The highest BCUT2D eigenvalue weighted by molar-refractivity contribution is 6.01. The minimum absolute atomic E-state index is 0.0754. The van der Waals surface area contributed by atoms with Crippen molar-refractivity contribution >= 4 is 17.5 Å². The van der Waals surface area contributed by atoms with Crippen molar-refractivity contribution in [3.63, 3.8) is 0 Å². The van der Waals surface area contributed by atoms with Crippen molar-refractivity contribution in [2.45, 2.75) is 25.3 Å². The van der Waals surface area contributed by atoms with Crippen LogP contribution in [0.25, 0.3) is 0 Å². The smallest absolute Gasteiger partial charge is 0.228 e. The van der Waals surface area contributed by atoms with E-state index < -0.39 is 11.7 Å². The predicted octanol–water partition coefficient (Wildman–Crippen LogP) is 1.65. The molecule has 2 heterocycles. The molecule has 120 valence electrons. The van der Waals surface area contributed by atoms with Gasteiger partial charge in [-0.05, 0) is 24.1 Å². The maximum absolute atomic E-state index is 13.3. The van der Waals surface area contributed by atoms with E-state index in [-0.39, 0.29) is 18.2 Å². The molecule has 6 nitrogen and oxygen atoms in total. The number of hydrogen-bond donors (Lipinski definition) is 2. The quantitative estimate of drug-likeness (QED) is 0.824. The van der Waals surface area contributed by atoms with Crippen molar-refractivity contribution in [2.24, 2.45) is 0 Å². The van der Waals surface area contributed by atoms with Crippen LogP contribution in [-0.2, 0) is 16.1 Å². The highest BCUT2D eigenvalue weighted by atomic mass is 19.1. The Balaban J connectivity index is 1.60. The first-order valence-electron chi connectivity index (χ1n) is 7.46. The lowest BCUT2D eigenvalue weighted by Gasteiger charge is -2.24. The first-order chi connectivity index (χ1) is 11.1. The molecule has 0 bridgehead atoms. The molecule has 2 N–H and O–H groups in total. The summed E-state index contributed by atoms with van der Waals surface area (Å²) in [6, 6.07) is 4.10. The van der Waals surface area contributed by atoms with Gasteiger partial charge in [0.25, 0.3) is 0 Å². The molecular formula is C16H17FN4O2. The molecule has 1 aliphatic rings. The third kappa shape index (κ3) is 3.56. The van der Waals surface area contributed by atoms with Crippen molar-refractivity contribution in [1.82, 2.24) is 14.9 Å². The Morgan fingerprint density at radius 2 is 2.35 bits per heavy atom. The third-order valence-electron chi connectivity index (χ3n) is 3.82. The molecule has 0 radical (unpaired) electrons. The lowest BCUT2D eigenvalue weighted by atomic mass is 9.89. The van der Waals surface area contributed by atoms with Crippen molar-refractivity contribution in [2.75, 3.05) is 11.9 Å². The van der Waals surface area contributed by atoms with E-state index in [2.05, 4.69) is 15.6 Å². The summed E-state index contributed by atoms with van der Waals surface area (Å²) in [5.74, 6) is -1.50. The van der Waals surface area contributed by atoms with Gasteiger partial charge in [-0.2, -0.15) is 0 Å². The molecule has 1 atom stereocenters. The lowest BCUT2D eigenvalue weighted by Crippen LogP contribution is -2.35. The van der Waals surface area contributed by atoms with Crippen molar-refractivity contribution in [3.05, 3.63) is 48.3 Å². The number of amides is 2. The van der Waals surface area contributed by atoms with Crippen LogP contribution >= 0.6 is 0 Å². The van der Waals surface area contributed by atoms with Crippen LogP contribution in [0.15, 0.2) is 36.9 Å². The highest BCUT2D eigenvalue weighted by Crippen LogP contribution is 2.32. The van der Waals surface area contributed by atoms with E-state index in [0.29, 0.717) is 17.8 Å². The summed E-state index contributed by atoms with van der Waals surface area (Å²) < 4.78 is 15.2. The maximum atomic E-state index is 13.3. The fourth-order valence-electron chi connectivity index (χ4n) is 2.69. The van der Waals surface area contributed by atoms with Crippen LogP contribution in [-0.4, -0.2) is 27.9 Å². The van der Waals surface area contributed by atoms with Crippen LogP contribution in [0.4, 0.5) is 10.1 Å². The fourth-order valence-corrected chi connectivity index (χ4v) is 2.69. The SMILES string of the molecule is O=C1C[C@@H](C(=O)NCCCn2ccnc2)c2ccc(F)cc2N1. The van der Waals surface area contributed by atoms with Crippen molar-refractivity contribution in [3.8, 4) is 0 Å². The van der Waals surface area contributed by atoms with Crippen molar-refractivity contribution in [1.29, 1.82) is 0 Å². The van der Waals surface area contributed by atoms with Crippen molar-refractivity contribution < 1.29 is 14.0 Å². The molecule has 0 unspecified atom stereocenters. The molecule has 3 rings (SSSR count). The van der Waals surface area contributed by atoms with Crippen LogP contribution in [0.1, 0.15) is 24.3 Å². The van der Waals surface area contributed by atoms with Crippen LogP contribution in [0.3, 0.4) is 0 Å². The number of carbonyl (C=O) groups is 2. The summed E-state index contributed by atoms with van der Waals surface area (Å²) in [4.78, 5) is 28.0. The zero-order valence-electron chi connectivity index (χ0n) is 12.5. The molecule has 7 heteroatoms. The average Bonchev–Trinajstić information content (AvgIpc) is 3.03. The molecule has 1 aromatic carbocycles. The summed E-state index contributed by atoms with van der Waals surface area (Å²) in [5, 5.41) is 5.45. The summed E-state index contributed by atoms with van der Waals surface area (Å²) >= 11 is 0. The van der Waals surface area contributed by atoms with E-state index in [9.17, 15) is 14.0 Å². The van der Waals surface area contributed by atoms with Gasteiger partial charge in [0.05, 0.1) is 12.2 Å². The van der Waals surface area contributed by atoms with Gasteiger partial charge in [-0.1, -0.05) is 6.07 Å². The Morgan fingerprint density at radius 3 is 3.13 bits per heavy atom. The number of fused-ring (bicyclic) bond motifs is 1. The number of halogens is 1. The number of aromatic nitrogens is 2. The normalized spacial score (nSPS) is 16.6. The molecule has 0 saturated heterocycles. The Labute approximate surface area is 132 Å². The van der Waals surface area contributed by atoms with Crippen LogP contribution in [0, 0.1) is 5.82 Å². The number of benzene rings is 1. The van der Waals surface area contributed by atoms with E-state index >= 15 is 0 Å². The first-order valence-corrected chi connectivity index (χ1v) is 7.46. The molecule has 1 aliphatic heterocycles. The number of anilines is 1. The van der Waals surface area contributed by atoms with Gasteiger partial charge >= 0.3 is 0 Å². The number of nitrogens with zero attached hydrogens (tertiary/aromatic N) is 2. The second-order valence-corrected chi connectivity index (χ2v) is 5.48. The number of rotatable bonds is 5. The summed E-state index contributed by atoms with van der Waals surface area (Å²) in [7, 11) is 0. The minimum Gasteiger partial charge on any atom is -0.355 e. The number of carbonyl (C=O) groups excluding carboxylic acids is 2. The standard InChI is InChI=1S/C16H17FN4O2/c17-11-2-3-12-13(9-15(22)20-14(12)8-11)16(23)19-4-1-6-21-7-5-18-10-21/h2-3,5,7-8,10,13H,1,4,6,9H2,(H,19,23)(H,20,22)/t13-/m1/s1. The zero-order valence-corrected chi connectivity index (χ0v) is 12.5. The summed E-state index contributed by atoms with van der Waals surface area (Å²) in [6.07, 6.45) is 6.12. The van der Waals surface area contributed by atoms with Gasteiger partial charge in [0.2, 0.25) is 11.8 Å². The monoisotopic (exact) mass is 316 g/mol. The lowest BCUT2D eigenvalue weighted by molar-refractivity contribution is -0.126. The average molecular weight is 316 g/mol. The second-order valence-electron chi connectivity index (χ2n) is 5.48. The van der Waals surface area contributed by atoms with E-state index in [1.807, 2.05) is 10.8 Å². The van der Waals surface area contributed by atoms with E-state index in [4.69, 9.17) is 0 Å². The molecule has 0 aliphatic carbocycles. The van der Waals surface area contributed by atoms with Gasteiger partial charge < -0.3 is 15.2 Å². The van der Waals surface area contributed by atoms with Gasteiger partial charge in [0.1, 0.15) is 5.82 Å². The molecule has 1 aromatic heterocycles. The Morgan fingerprint density at radius 1 is 1.48 bits per heavy atom. The topological polar surface area (TPSA) is 76.0 Å². The van der Waals surface area contributed by atoms with Gasteiger partial charge in [-0.25, -0.2) is 9.37 Å². The van der Waals surface area contributed by atoms with E-state index in [0.717, 1.165) is 13.0 Å². The summed E-state index contributed by atoms with van der Waals surface area (Å²) in [5.41, 5.74) is 1.03. The minimum atomic E-state index is -0.576. The van der Waals surface area contributed by atoms with E-state index in [1.165, 1.54) is 12.1 Å².